The third-order valence-electron chi connectivity index (χ3n) is 2.79. The summed E-state index contributed by atoms with van der Waals surface area (Å²) in [7, 11) is 0. The molecule has 0 radical (unpaired) electrons. The molecule has 1 atom stereocenters. The van der Waals surface area contributed by atoms with E-state index in [0.29, 0.717) is 0 Å². The van der Waals surface area contributed by atoms with Crippen LogP contribution in [0.15, 0.2) is 47.3 Å². The molecule has 0 spiro atoms. The van der Waals surface area contributed by atoms with Crippen molar-refractivity contribution in [1.29, 1.82) is 0 Å². The number of anilines is 1. The molecule has 1 heterocycles. The summed E-state index contributed by atoms with van der Waals surface area (Å²) in [6.07, 6.45) is 4.56. The maximum Gasteiger partial charge on any atom is 0.0955 e. The number of furan rings is 1. The van der Waals surface area contributed by atoms with Crippen LogP contribution < -0.4 is 5.32 Å². The van der Waals surface area contributed by atoms with Crippen LogP contribution in [0.4, 0.5) is 5.69 Å². The van der Waals surface area contributed by atoms with Crippen LogP contribution in [0, 0.1) is 0 Å². The van der Waals surface area contributed by atoms with E-state index in [-0.39, 0.29) is 6.04 Å². The first-order valence-corrected chi connectivity index (χ1v) is 5.67. The van der Waals surface area contributed by atoms with Crippen LogP contribution in [0.2, 0.25) is 0 Å². The predicted octanol–water partition coefficient (Wildman–Crippen LogP) is 4.02. The monoisotopic (exact) mass is 215 g/mol. The van der Waals surface area contributed by atoms with Gasteiger partial charge in [0.05, 0.1) is 18.6 Å². The third-order valence-corrected chi connectivity index (χ3v) is 2.79. The summed E-state index contributed by atoms with van der Waals surface area (Å²) in [5.74, 6) is 0. The summed E-state index contributed by atoms with van der Waals surface area (Å²) in [5.41, 5.74) is 3.67. The zero-order chi connectivity index (χ0) is 11.4. The summed E-state index contributed by atoms with van der Waals surface area (Å²) in [4.78, 5) is 0. The molecule has 0 bridgehead atoms. The molecule has 16 heavy (non-hydrogen) atoms. The van der Waals surface area contributed by atoms with Gasteiger partial charge in [0.2, 0.25) is 0 Å². The summed E-state index contributed by atoms with van der Waals surface area (Å²) in [6.45, 7) is 4.29. The number of hydrogen-bond acceptors (Lipinski definition) is 2. The van der Waals surface area contributed by atoms with E-state index in [4.69, 9.17) is 4.42 Å². The van der Waals surface area contributed by atoms with E-state index in [1.54, 1.807) is 12.5 Å². The summed E-state index contributed by atoms with van der Waals surface area (Å²) >= 11 is 0. The lowest BCUT2D eigenvalue weighted by atomic mass is 10.1. The van der Waals surface area contributed by atoms with Gasteiger partial charge in [-0.15, -0.1) is 0 Å². The summed E-state index contributed by atoms with van der Waals surface area (Å²) in [5, 5.41) is 3.44. The third kappa shape index (κ3) is 2.45. The number of rotatable bonds is 4. The quantitative estimate of drug-likeness (QED) is 0.833. The van der Waals surface area contributed by atoms with Gasteiger partial charge in [-0.3, -0.25) is 0 Å². The van der Waals surface area contributed by atoms with Crippen LogP contribution in [0.25, 0.3) is 0 Å². The fraction of sp³-hybridized carbons (Fsp3) is 0.286. The SMILES string of the molecule is CCc1ccc(NC(C)c2ccoc2)cc1. The molecule has 2 nitrogen and oxygen atoms in total. The first kappa shape index (κ1) is 10.8. The highest BCUT2D eigenvalue weighted by atomic mass is 16.3. The van der Waals surface area contributed by atoms with E-state index in [1.807, 2.05) is 6.07 Å². The Balaban J connectivity index is 2.03. The first-order chi connectivity index (χ1) is 7.79. The van der Waals surface area contributed by atoms with Crippen LogP contribution in [0.1, 0.15) is 31.0 Å². The van der Waals surface area contributed by atoms with Crippen molar-refractivity contribution in [3.63, 3.8) is 0 Å². The van der Waals surface area contributed by atoms with Crippen molar-refractivity contribution >= 4 is 5.69 Å². The molecule has 1 N–H and O–H groups in total. The maximum absolute atomic E-state index is 5.07. The van der Waals surface area contributed by atoms with Crippen molar-refractivity contribution in [2.75, 3.05) is 5.32 Å². The van der Waals surface area contributed by atoms with Gasteiger partial charge in [-0.05, 0) is 37.1 Å². The van der Waals surface area contributed by atoms with Gasteiger partial charge in [0.25, 0.3) is 0 Å². The van der Waals surface area contributed by atoms with Crippen LogP contribution in [0.5, 0.6) is 0 Å². The Bertz CT molecular complexity index is 417. The van der Waals surface area contributed by atoms with Crippen LogP contribution in [-0.2, 0) is 6.42 Å². The minimum absolute atomic E-state index is 0.270. The Morgan fingerprint density at radius 2 is 1.94 bits per heavy atom. The topological polar surface area (TPSA) is 25.2 Å². The van der Waals surface area contributed by atoms with E-state index in [9.17, 15) is 0 Å². The Morgan fingerprint density at radius 1 is 1.19 bits per heavy atom. The average molecular weight is 215 g/mol. The Hall–Kier alpha value is -1.70. The van der Waals surface area contributed by atoms with Gasteiger partial charge in [-0.1, -0.05) is 19.1 Å². The first-order valence-electron chi connectivity index (χ1n) is 5.67. The number of hydrogen-bond donors (Lipinski definition) is 1. The molecule has 0 aliphatic heterocycles. The molecule has 1 aromatic carbocycles. The van der Waals surface area contributed by atoms with Crippen molar-refractivity contribution in [1.82, 2.24) is 0 Å². The summed E-state index contributed by atoms with van der Waals surface area (Å²) < 4.78 is 5.07. The Kier molecular flexibility index (Phi) is 3.30. The summed E-state index contributed by atoms with van der Waals surface area (Å²) in [6, 6.07) is 10.8. The minimum atomic E-state index is 0.270. The van der Waals surface area contributed by atoms with E-state index in [0.717, 1.165) is 12.1 Å². The number of nitrogens with one attached hydrogen (secondary N) is 1. The Morgan fingerprint density at radius 3 is 2.50 bits per heavy atom. The van der Waals surface area contributed by atoms with Crippen molar-refractivity contribution in [3.8, 4) is 0 Å². The molecule has 2 heteroatoms. The molecule has 0 fully saturated rings. The molecule has 0 aliphatic rings. The maximum atomic E-state index is 5.07. The molecule has 0 amide bonds. The molecule has 0 aliphatic carbocycles. The second-order valence-electron chi connectivity index (χ2n) is 3.97. The molecule has 2 aromatic rings. The fourth-order valence-corrected chi connectivity index (χ4v) is 1.69. The van der Waals surface area contributed by atoms with Gasteiger partial charge in [0.1, 0.15) is 0 Å². The van der Waals surface area contributed by atoms with Crippen molar-refractivity contribution in [3.05, 3.63) is 54.0 Å². The minimum Gasteiger partial charge on any atom is -0.472 e. The average Bonchev–Trinajstić information content (AvgIpc) is 2.83. The standard InChI is InChI=1S/C14H17NO/c1-3-12-4-6-14(7-5-12)15-11(2)13-8-9-16-10-13/h4-11,15H,3H2,1-2H3. The van der Waals surface area contributed by atoms with Gasteiger partial charge in [-0.25, -0.2) is 0 Å². The van der Waals surface area contributed by atoms with Crippen LogP contribution in [0.3, 0.4) is 0 Å². The smallest absolute Gasteiger partial charge is 0.0955 e. The van der Waals surface area contributed by atoms with Crippen molar-refractivity contribution in [2.24, 2.45) is 0 Å². The molecule has 84 valence electrons. The van der Waals surface area contributed by atoms with Gasteiger partial charge >= 0.3 is 0 Å². The van der Waals surface area contributed by atoms with E-state index in [1.165, 1.54) is 11.1 Å². The van der Waals surface area contributed by atoms with Crippen molar-refractivity contribution in [2.45, 2.75) is 26.3 Å². The lowest BCUT2D eigenvalue weighted by Crippen LogP contribution is -2.05. The predicted molar refractivity (Wildman–Crippen MR) is 66.6 cm³/mol. The molecule has 2 rings (SSSR count). The Labute approximate surface area is 96.3 Å². The van der Waals surface area contributed by atoms with Crippen molar-refractivity contribution < 1.29 is 4.42 Å². The van der Waals surface area contributed by atoms with Crippen LogP contribution in [-0.4, -0.2) is 0 Å². The molecule has 0 saturated carbocycles. The van der Waals surface area contributed by atoms with Gasteiger partial charge < -0.3 is 9.73 Å². The lowest BCUT2D eigenvalue weighted by Gasteiger charge is -2.13. The molecule has 1 aromatic heterocycles. The second-order valence-corrected chi connectivity index (χ2v) is 3.97. The molecule has 1 unspecified atom stereocenters. The van der Waals surface area contributed by atoms with Gasteiger partial charge in [-0.2, -0.15) is 0 Å². The van der Waals surface area contributed by atoms with Crippen LogP contribution >= 0.6 is 0 Å². The second kappa shape index (κ2) is 4.88. The molecular formula is C14H17NO. The highest BCUT2D eigenvalue weighted by molar-refractivity contribution is 5.46. The lowest BCUT2D eigenvalue weighted by molar-refractivity contribution is 0.562. The highest BCUT2D eigenvalue weighted by Crippen LogP contribution is 2.19. The zero-order valence-corrected chi connectivity index (χ0v) is 9.73. The van der Waals surface area contributed by atoms with Gasteiger partial charge in [0, 0.05) is 11.3 Å². The number of benzene rings is 1. The molecular weight excluding hydrogens is 198 g/mol. The van der Waals surface area contributed by atoms with E-state index in [2.05, 4.69) is 43.4 Å². The van der Waals surface area contributed by atoms with E-state index < -0.39 is 0 Å². The normalized spacial score (nSPS) is 12.4. The number of aryl methyl sites for hydroxylation is 1. The van der Waals surface area contributed by atoms with E-state index >= 15 is 0 Å². The highest BCUT2D eigenvalue weighted by Gasteiger charge is 2.05. The molecule has 0 saturated heterocycles. The fourth-order valence-electron chi connectivity index (χ4n) is 1.69. The largest absolute Gasteiger partial charge is 0.472 e. The van der Waals surface area contributed by atoms with Gasteiger partial charge in [0.15, 0.2) is 0 Å². The zero-order valence-electron chi connectivity index (χ0n) is 9.73.